The number of fused-ring (bicyclic) bond motifs is 7. The van der Waals surface area contributed by atoms with Crippen LogP contribution in [-0.4, -0.2) is 126 Å². The predicted octanol–water partition coefficient (Wildman–Crippen LogP) is 21.4. The molecule has 0 aliphatic carbocycles. The van der Waals surface area contributed by atoms with Gasteiger partial charge in [0.1, 0.15) is 11.6 Å². The van der Waals surface area contributed by atoms with Crippen LogP contribution in [0.5, 0.6) is 0 Å². The lowest BCUT2D eigenvalue weighted by molar-refractivity contribution is 0.0651. The normalized spacial score (nSPS) is 24.6. The van der Waals surface area contributed by atoms with E-state index in [4.69, 9.17) is 19.9 Å². The van der Waals surface area contributed by atoms with Gasteiger partial charge in [0.15, 0.2) is 0 Å². The van der Waals surface area contributed by atoms with Gasteiger partial charge in [-0.15, -0.1) is 0 Å². The summed E-state index contributed by atoms with van der Waals surface area (Å²) in [7, 11) is 6.90. The lowest BCUT2D eigenvalue weighted by Crippen LogP contribution is -2.41. The lowest BCUT2D eigenvalue weighted by atomic mass is 9.96. The second kappa shape index (κ2) is 36.0. The summed E-state index contributed by atoms with van der Waals surface area (Å²) in [5.74, 6) is 1.67. The Morgan fingerprint density at radius 2 is 0.573 bits per heavy atom. The highest BCUT2D eigenvalue weighted by Gasteiger charge is 2.49. The fourth-order valence-corrected chi connectivity index (χ4v) is 23.7. The largest absolute Gasteiger partial charge is 0.330 e. The minimum atomic E-state index is -0.251. The first-order valence-electron chi connectivity index (χ1n) is 46.0. The Hall–Kier alpha value is -7.31. The van der Waals surface area contributed by atoms with Gasteiger partial charge in [-0.3, -0.25) is 82.3 Å². The zero-order valence-electron chi connectivity index (χ0n) is 86.9. The smallest absolute Gasteiger partial charge is 0.318 e. The average molecular weight is 1710 g/mol. The molecule has 22 nitrogen and oxygen atoms in total. The fraction of sp³-hybridized carbons (Fsp3) is 0.696. The van der Waals surface area contributed by atoms with E-state index in [2.05, 4.69) is 333 Å². The first-order chi connectivity index (χ1) is 56.3. The Kier molecular flexibility index (Phi) is 29.6. The first-order valence-corrected chi connectivity index (χ1v) is 46.0. The molecule has 0 saturated heterocycles. The fourth-order valence-electron chi connectivity index (χ4n) is 23.7. The first kappa shape index (κ1) is 102. The van der Waals surface area contributed by atoms with E-state index in [0.29, 0.717) is 60.4 Å². The van der Waals surface area contributed by atoms with E-state index in [-0.39, 0.29) is 85.3 Å². The van der Waals surface area contributed by atoms with E-state index < -0.39 is 0 Å². The van der Waals surface area contributed by atoms with Crippen LogP contribution >= 0.6 is 0 Å². The number of aromatic nitrogens is 11. The van der Waals surface area contributed by atoms with E-state index in [1.165, 1.54) is 83.1 Å². The number of rotatable bonds is 0. The van der Waals surface area contributed by atoms with E-state index in [1.807, 2.05) is 47.9 Å². The molecule has 7 aromatic heterocycles. The summed E-state index contributed by atoms with van der Waals surface area (Å²) in [6, 6.07) is 6.19. The maximum absolute atomic E-state index is 12.4. The van der Waals surface area contributed by atoms with Gasteiger partial charge in [-0.05, 0) is 363 Å². The van der Waals surface area contributed by atoms with Crippen molar-refractivity contribution in [3.63, 3.8) is 0 Å². The van der Waals surface area contributed by atoms with Gasteiger partial charge in [0, 0.05) is 168 Å². The molecule has 0 amide bonds. The van der Waals surface area contributed by atoms with Crippen molar-refractivity contribution in [2.45, 2.75) is 442 Å². The third-order valence-electron chi connectivity index (χ3n) is 28.3. The van der Waals surface area contributed by atoms with Crippen LogP contribution in [0.15, 0.2) is 31.4 Å². The van der Waals surface area contributed by atoms with Gasteiger partial charge in [-0.2, -0.15) is 0 Å². The highest BCUT2D eigenvalue weighted by Crippen LogP contribution is 2.53. The maximum atomic E-state index is 12.4. The van der Waals surface area contributed by atoms with Gasteiger partial charge < -0.3 is 4.57 Å². The Morgan fingerprint density at radius 1 is 0.258 bits per heavy atom. The van der Waals surface area contributed by atoms with Crippen LogP contribution in [0.3, 0.4) is 0 Å². The summed E-state index contributed by atoms with van der Waals surface area (Å²) in [6.07, 6.45) is 1.99. The van der Waals surface area contributed by atoms with Crippen molar-refractivity contribution in [1.82, 2.24) is 87.5 Å². The molecule has 14 rings (SSSR count). The van der Waals surface area contributed by atoms with Crippen molar-refractivity contribution in [2.75, 3.05) is 0 Å². The molecule has 0 bridgehead atoms. The summed E-state index contributed by atoms with van der Waals surface area (Å²) >= 11 is 0. The van der Waals surface area contributed by atoms with Crippen molar-refractivity contribution in [3.8, 4) is 0 Å². The molecule has 0 aromatic carbocycles. The van der Waals surface area contributed by atoms with Crippen LogP contribution in [0.2, 0.25) is 0 Å². The SMILES string of the molecule is CC1c2c(n(C)c(=O)n(C)c2=O)C(C)N1C(C)(C)C.CC1c2cc(=O)n(C)cc2C(C)N1C(C)(C)C.Cc1nc(C)c2c(c1C)C(C)N(C(C)(C)C)C2C.Cc1nc(C)c2c(n1)C(C)N(C(C)(C)C)C2C.Cc1nc2c(c(=O)n1C)C(C)N(C(C)(C)C)C2C.Cc1nc2c(c(C)c1C)C(C)N(C(C)(C)C)C2C.Cc1nc2c(nc1C)C(C)N(C(C)(C)C)C2C. The molecule has 0 radical (unpaired) electrons. The third kappa shape index (κ3) is 19.1. The Bertz CT molecular complexity index is 5340. The second-order valence-corrected chi connectivity index (χ2v) is 44.3. The molecular formula is C102H166N18O4. The van der Waals surface area contributed by atoms with Crippen molar-refractivity contribution in [3.05, 3.63) is 195 Å². The van der Waals surface area contributed by atoms with Crippen LogP contribution < -0.4 is 22.4 Å². The number of hydrogen-bond acceptors (Lipinski definition) is 18. The van der Waals surface area contributed by atoms with Crippen molar-refractivity contribution in [2.24, 2.45) is 28.2 Å². The molecule has 688 valence electrons. The highest BCUT2D eigenvalue weighted by molar-refractivity contribution is 5.48. The van der Waals surface area contributed by atoms with Crippen LogP contribution in [-0.2, 0) is 28.2 Å². The van der Waals surface area contributed by atoms with Crippen LogP contribution in [0.4, 0.5) is 0 Å². The van der Waals surface area contributed by atoms with Crippen LogP contribution in [0.25, 0.3) is 0 Å². The summed E-state index contributed by atoms with van der Waals surface area (Å²) in [5, 5.41) is 0. The summed E-state index contributed by atoms with van der Waals surface area (Å²) in [6.45, 7) is 101. The number of nitrogens with zero attached hydrogens (tertiary/aromatic N) is 18. The lowest BCUT2D eigenvalue weighted by Gasteiger charge is -2.39. The number of hydrogen-bond donors (Lipinski definition) is 0. The van der Waals surface area contributed by atoms with E-state index in [0.717, 1.165) is 62.6 Å². The molecule has 7 aliphatic heterocycles. The number of pyridine rings is 3. The van der Waals surface area contributed by atoms with Gasteiger partial charge in [-0.25, -0.2) is 19.7 Å². The second-order valence-electron chi connectivity index (χ2n) is 44.3. The molecular weight excluding hydrogens is 1540 g/mol. The van der Waals surface area contributed by atoms with Crippen molar-refractivity contribution in [1.29, 1.82) is 0 Å². The van der Waals surface area contributed by atoms with Gasteiger partial charge >= 0.3 is 5.69 Å². The Morgan fingerprint density at radius 3 is 1.02 bits per heavy atom. The van der Waals surface area contributed by atoms with E-state index in [1.54, 1.807) is 40.9 Å². The maximum Gasteiger partial charge on any atom is 0.330 e. The molecule has 124 heavy (non-hydrogen) atoms. The molecule has 14 heterocycles. The molecule has 0 spiro atoms. The predicted molar refractivity (Wildman–Crippen MR) is 512 cm³/mol. The molecule has 22 heteroatoms. The van der Waals surface area contributed by atoms with Gasteiger partial charge in [0.2, 0.25) is 0 Å². The molecule has 7 aromatic rings. The summed E-state index contributed by atoms with van der Waals surface area (Å²) in [4.78, 5) is 98.8. The quantitative estimate of drug-likeness (QED) is 0.139. The van der Waals surface area contributed by atoms with E-state index >= 15 is 0 Å². The van der Waals surface area contributed by atoms with Crippen molar-refractivity contribution >= 4 is 0 Å². The minimum Gasteiger partial charge on any atom is -0.318 e. The van der Waals surface area contributed by atoms with Crippen LogP contribution in [0.1, 0.15) is 468 Å². The summed E-state index contributed by atoms with van der Waals surface area (Å²) < 4.78 is 6.14. The molecule has 14 unspecified atom stereocenters. The van der Waals surface area contributed by atoms with Crippen LogP contribution in [0, 0.1) is 76.2 Å². The summed E-state index contributed by atoms with van der Waals surface area (Å²) in [5.41, 5.74) is 28.0. The minimum absolute atomic E-state index is 0.0236. The standard InChI is InChI=1S/2C16H26N2.C14H23N3O2.C14H23N3O.2C14H23N3.C14H22N2O/c1-9-10(2)17-11(3)15-13(5)18(16(6,7)8)12(4)14(9)15;1-9-10(2)14-12(4)18(16(6,7)8)13(5)15(14)17-11(9)3;1-8-10-11(9(2)17(8)14(3,4)5)15(6)13(19)16(7)12(10)18;1-8-11-12(9(2)17(8)14(4,5)6)15-10(3)16(7)13(11)18;1-8-12-9(2)17(14(5,6)7)10(3)13(12)16-11(4)15-8;1-8-9(2)16-13-11(4)17(14(5,6)7)10(3)12(13)15-8;1-9-11-7-13(17)15(6)8-12(11)10(2)16(9)14(3,4)5/h2*12-13H,1-8H3;8-9H,1-7H3;8-9H,1-7H3;9-10H,1-7H3;10-11H,1-7H3;7-10H,1-6H3. The number of aryl methyl sites for hydroxylation is 9. The zero-order valence-corrected chi connectivity index (χ0v) is 86.9. The molecule has 0 N–H and O–H groups in total. The highest BCUT2D eigenvalue weighted by atomic mass is 16.2. The topological polar surface area (TPSA) is 201 Å². The van der Waals surface area contributed by atoms with Crippen molar-refractivity contribution < 1.29 is 0 Å². The molecule has 0 fully saturated rings. The van der Waals surface area contributed by atoms with Gasteiger partial charge in [0.05, 0.1) is 81.2 Å². The van der Waals surface area contributed by atoms with E-state index in [9.17, 15) is 19.2 Å². The average Bonchev–Trinajstić information content (AvgIpc) is 1.57. The molecule has 14 atom stereocenters. The van der Waals surface area contributed by atoms with Gasteiger partial charge in [0.25, 0.3) is 16.7 Å². The Labute approximate surface area is 748 Å². The Balaban J connectivity index is 0.000000179. The third-order valence-corrected chi connectivity index (χ3v) is 28.3. The van der Waals surface area contributed by atoms with Gasteiger partial charge in [-0.1, -0.05) is 0 Å². The molecule has 0 saturated carbocycles. The zero-order chi connectivity index (χ0) is 95.0. The monoisotopic (exact) mass is 1710 g/mol. The molecule has 7 aliphatic rings.